The smallest absolute Gasteiger partial charge is 0.242 e. The van der Waals surface area contributed by atoms with E-state index in [4.69, 9.17) is 4.52 Å². The lowest BCUT2D eigenvalue weighted by Gasteiger charge is -2.24. The summed E-state index contributed by atoms with van der Waals surface area (Å²) in [5.41, 5.74) is -0.138. The predicted molar refractivity (Wildman–Crippen MR) is 81.6 cm³/mol. The Balaban J connectivity index is 1.55. The van der Waals surface area contributed by atoms with Crippen LogP contribution in [-0.4, -0.2) is 43.6 Å². The second-order valence-corrected chi connectivity index (χ2v) is 6.77. The van der Waals surface area contributed by atoms with Gasteiger partial charge in [0, 0.05) is 25.5 Å². The van der Waals surface area contributed by atoms with Crippen molar-refractivity contribution in [3.63, 3.8) is 0 Å². The van der Waals surface area contributed by atoms with Crippen molar-refractivity contribution < 1.29 is 9.32 Å². The van der Waals surface area contributed by atoms with Crippen LogP contribution in [0.4, 0.5) is 0 Å². The number of carbonyl (C=O) groups excluding carboxylic acids is 1. The second kappa shape index (κ2) is 5.18. The molecule has 2 fully saturated rings. The van der Waals surface area contributed by atoms with Crippen LogP contribution in [0.5, 0.6) is 0 Å². The monoisotopic (exact) mass is 315 g/mol. The number of nitrogens with zero attached hydrogens (tertiary/aromatic N) is 5. The third kappa shape index (κ3) is 2.26. The number of fused-ring (bicyclic) bond motifs is 1. The molecule has 2 atom stereocenters. The van der Waals surface area contributed by atoms with E-state index < -0.39 is 0 Å². The van der Waals surface area contributed by atoms with Crippen molar-refractivity contribution >= 4 is 5.91 Å². The largest absolute Gasteiger partial charge is 0.340 e. The van der Waals surface area contributed by atoms with Gasteiger partial charge in [0.25, 0.3) is 0 Å². The molecule has 2 aliphatic rings. The van der Waals surface area contributed by atoms with E-state index in [1.165, 1.54) is 0 Å². The van der Waals surface area contributed by atoms with Crippen molar-refractivity contribution in [1.82, 2.24) is 24.6 Å². The molecule has 3 heterocycles. The van der Waals surface area contributed by atoms with Gasteiger partial charge in [-0.3, -0.25) is 4.79 Å². The molecule has 1 saturated heterocycles. The molecule has 0 unspecified atom stereocenters. The topological polar surface area (TPSA) is 77.0 Å². The maximum atomic E-state index is 12.7. The van der Waals surface area contributed by atoms with Crippen molar-refractivity contribution in [3.8, 4) is 0 Å². The quantitative estimate of drug-likeness (QED) is 0.857. The Morgan fingerprint density at radius 2 is 2.35 bits per heavy atom. The van der Waals surface area contributed by atoms with Gasteiger partial charge >= 0.3 is 0 Å². The maximum Gasteiger partial charge on any atom is 0.242 e. The fourth-order valence-corrected chi connectivity index (χ4v) is 4.14. The van der Waals surface area contributed by atoms with Gasteiger partial charge in [-0.05, 0) is 32.6 Å². The molecule has 0 aromatic carbocycles. The summed E-state index contributed by atoms with van der Waals surface area (Å²) in [6, 6.07) is 0. The van der Waals surface area contributed by atoms with E-state index in [0.717, 1.165) is 31.6 Å². The van der Waals surface area contributed by atoms with Gasteiger partial charge in [0.2, 0.25) is 11.8 Å². The highest BCUT2D eigenvalue weighted by molar-refractivity contribution is 5.76. The summed E-state index contributed by atoms with van der Waals surface area (Å²) in [7, 11) is 0. The van der Waals surface area contributed by atoms with Crippen LogP contribution in [-0.2, 0) is 16.8 Å². The van der Waals surface area contributed by atoms with Gasteiger partial charge in [0.15, 0.2) is 5.82 Å². The first-order valence-electron chi connectivity index (χ1n) is 8.15. The number of hydrogen-bond acceptors (Lipinski definition) is 5. The molecule has 2 aromatic heterocycles. The molecule has 0 radical (unpaired) electrons. The highest BCUT2D eigenvalue weighted by Crippen LogP contribution is 2.49. The van der Waals surface area contributed by atoms with Crippen molar-refractivity contribution in [2.45, 2.75) is 45.1 Å². The predicted octanol–water partition coefficient (Wildman–Crippen LogP) is 1.46. The number of carbonyl (C=O) groups is 1. The molecule has 1 aliphatic carbocycles. The minimum atomic E-state index is -0.138. The number of likely N-dealkylation sites (tertiary alicyclic amines) is 1. The Morgan fingerprint density at radius 3 is 3.04 bits per heavy atom. The van der Waals surface area contributed by atoms with Crippen LogP contribution in [0.1, 0.15) is 36.8 Å². The lowest BCUT2D eigenvalue weighted by Crippen LogP contribution is -2.36. The van der Waals surface area contributed by atoms with Crippen LogP contribution < -0.4 is 0 Å². The zero-order valence-electron chi connectivity index (χ0n) is 13.5. The molecular weight excluding hydrogens is 294 g/mol. The van der Waals surface area contributed by atoms with E-state index in [9.17, 15) is 4.79 Å². The number of amides is 1. The Kier molecular flexibility index (Phi) is 3.25. The molecular formula is C16H21N5O2. The number of hydrogen-bond donors (Lipinski definition) is 0. The molecule has 122 valence electrons. The zero-order chi connectivity index (χ0) is 16.0. The lowest BCUT2D eigenvalue weighted by molar-refractivity contribution is -0.131. The van der Waals surface area contributed by atoms with Crippen LogP contribution >= 0.6 is 0 Å². The standard InChI is InChI=1S/C16H21N5O2/c1-11-18-15(23-19-11)16-5-3-4-13(16)8-21(10-16)14(22)9-20-7-6-17-12(20)2/h6-7,13H,3-5,8-10H2,1-2H3/t13-,16-/m0/s1. The Hall–Kier alpha value is -2.18. The Labute approximate surface area is 134 Å². The molecule has 0 bridgehead atoms. The first kappa shape index (κ1) is 14.4. The summed E-state index contributed by atoms with van der Waals surface area (Å²) >= 11 is 0. The first-order chi connectivity index (χ1) is 11.1. The minimum absolute atomic E-state index is 0.135. The minimum Gasteiger partial charge on any atom is -0.340 e. The number of aryl methyl sites for hydroxylation is 2. The highest BCUT2D eigenvalue weighted by atomic mass is 16.5. The van der Waals surface area contributed by atoms with E-state index in [1.54, 1.807) is 6.20 Å². The van der Waals surface area contributed by atoms with Crippen LogP contribution in [0.3, 0.4) is 0 Å². The summed E-state index contributed by atoms with van der Waals surface area (Å²) in [5.74, 6) is 2.80. The summed E-state index contributed by atoms with van der Waals surface area (Å²) in [4.78, 5) is 23.3. The van der Waals surface area contributed by atoms with Gasteiger partial charge in [-0.1, -0.05) is 11.6 Å². The van der Waals surface area contributed by atoms with Crippen LogP contribution in [0, 0.1) is 19.8 Å². The normalized spacial score (nSPS) is 26.7. The number of imidazole rings is 1. The van der Waals surface area contributed by atoms with Gasteiger partial charge in [0.05, 0.1) is 5.41 Å². The molecule has 1 saturated carbocycles. The zero-order valence-corrected chi connectivity index (χ0v) is 13.5. The van der Waals surface area contributed by atoms with E-state index in [2.05, 4.69) is 15.1 Å². The fourth-order valence-electron chi connectivity index (χ4n) is 4.14. The SMILES string of the molecule is Cc1noc([C@]23CCC[C@H]2CN(C(=O)Cn2ccnc2C)C3)n1. The van der Waals surface area contributed by atoms with Crippen molar-refractivity contribution in [2.75, 3.05) is 13.1 Å². The average Bonchev–Trinajstić information content (AvgIpc) is 3.23. The van der Waals surface area contributed by atoms with Gasteiger partial charge in [-0.15, -0.1) is 0 Å². The van der Waals surface area contributed by atoms with E-state index in [0.29, 0.717) is 30.7 Å². The Morgan fingerprint density at radius 1 is 1.48 bits per heavy atom. The molecule has 0 N–H and O–H groups in total. The maximum absolute atomic E-state index is 12.7. The van der Waals surface area contributed by atoms with Crippen molar-refractivity contribution in [3.05, 3.63) is 29.9 Å². The van der Waals surface area contributed by atoms with Gasteiger partial charge < -0.3 is 14.0 Å². The summed E-state index contributed by atoms with van der Waals surface area (Å²) in [5, 5.41) is 3.96. The molecule has 2 aromatic rings. The number of aromatic nitrogens is 4. The molecule has 0 spiro atoms. The summed E-state index contributed by atoms with van der Waals surface area (Å²) < 4.78 is 7.38. The van der Waals surface area contributed by atoms with Crippen LogP contribution in [0.2, 0.25) is 0 Å². The van der Waals surface area contributed by atoms with Gasteiger partial charge in [0.1, 0.15) is 12.4 Å². The third-order valence-corrected chi connectivity index (χ3v) is 5.41. The van der Waals surface area contributed by atoms with E-state index in [1.807, 2.05) is 29.5 Å². The van der Waals surface area contributed by atoms with E-state index in [-0.39, 0.29) is 11.3 Å². The molecule has 1 amide bonds. The molecule has 7 nitrogen and oxygen atoms in total. The molecule has 23 heavy (non-hydrogen) atoms. The molecule has 4 rings (SSSR count). The average molecular weight is 315 g/mol. The lowest BCUT2D eigenvalue weighted by atomic mass is 9.80. The first-order valence-corrected chi connectivity index (χ1v) is 8.15. The number of rotatable bonds is 3. The van der Waals surface area contributed by atoms with Crippen LogP contribution in [0.25, 0.3) is 0 Å². The summed E-state index contributed by atoms with van der Waals surface area (Å²) in [6.07, 6.45) is 6.88. The van der Waals surface area contributed by atoms with E-state index >= 15 is 0 Å². The molecule has 1 aliphatic heterocycles. The highest BCUT2D eigenvalue weighted by Gasteiger charge is 2.55. The van der Waals surface area contributed by atoms with Gasteiger partial charge in [-0.2, -0.15) is 4.98 Å². The Bertz CT molecular complexity index is 736. The van der Waals surface area contributed by atoms with Crippen molar-refractivity contribution in [2.24, 2.45) is 5.92 Å². The molecule has 7 heteroatoms. The third-order valence-electron chi connectivity index (χ3n) is 5.41. The van der Waals surface area contributed by atoms with Crippen LogP contribution in [0.15, 0.2) is 16.9 Å². The fraction of sp³-hybridized carbons (Fsp3) is 0.625. The summed E-state index contributed by atoms with van der Waals surface area (Å²) in [6.45, 7) is 5.57. The van der Waals surface area contributed by atoms with Crippen molar-refractivity contribution in [1.29, 1.82) is 0 Å². The second-order valence-electron chi connectivity index (χ2n) is 6.77. The van der Waals surface area contributed by atoms with Gasteiger partial charge in [-0.25, -0.2) is 4.98 Å².